The summed E-state index contributed by atoms with van der Waals surface area (Å²) in [6.07, 6.45) is 0.214. The van der Waals surface area contributed by atoms with Crippen LogP contribution in [-0.4, -0.2) is 18.4 Å². The third kappa shape index (κ3) is 5.39. The van der Waals surface area contributed by atoms with E-state index < -0.39 is 0 Å². The zero-order valence-electron chi connectivity index (χ0n) is 13.8. The Balaban J connectivity index is 1.76. The molecule has 2 N–H and O–H groups in total. The first-order chi connectivity index (χ1) is 11.5. The second kappa shape index (κ2) is 8.50. The summed E-state index contributed by atoms with van der Waals surface area (Å²) in [6, 6.07) is 14.4. The number of halogens is 1. The Labute approximate surface area is 147 Å². The Morgan fingerprint density at radius 3 is 2.21 bits per heavy atom. The van der Waals surface area contributed by atoms with Gasteiger partial charge in [0.2, 0.25) is 5.91 Å². The second-order valence-corrected chi connectivity index (χ2v) is 6.27. The van der Waals surface area contributed by atoms with Crippen molar-refractivity contribution in [3.05, 3.63) is 64.7 Å². The number of nitrogens with one attached hydrogen (secondary N) is 2. The molecule has 126 valence electrons. The highest BCUT2D eigenvalue weighted by Gasteiger charge is 2.07. The third-order valence-electron chi connectivity index (χ3n) is 3.61. The van der Waals surface area contributed by atoms with E-state index in [1.54, 1.807) is 24.3 Å². The van der Waals surface area contributed by atoms with E-state index in [9.17, 15) is 9.59 Å². The van der Waals surface area contributed by atoms with Gasteiger partial charge in [-0.05, 0) is 47.9 Å². The molecule has 2 amide bonds. The van der Waals surface area contributed by atoms with E-state index in [1.165, 1.54) is 5.56 Å². The average Bonchev–Trinajstić information content (AvgIpc) is 2.55. The molecule has 5 heteroatoms. The fraction of sp³-hybridized carbons (Fsp3) is 0.263. The molecule has 2 aromatic carbocycles. The van der Waals surface area contributed by atoms with Gasteiger partial charge >= 0.3 is 0 Å². The number of benzene rings is 2. The van der Waals surface area contributed by atoms with E-state index in [0.717, 1.165) is 5.69 Å². The van der Waals surface area contributed by atoms with Crippen LogP contribution in [0.2, 0.25) is 5.02 Å². The molecule has 0 fully saturated rings. The Kier molecular flexibility index (Phi) is 6.38. The van der Waals surface area contributed by atoms with Crippen LogP contribution in [0.15, 0.2) is 48.5 Å². The maximum Gasteiger partial charge on any atom is 0.251 e. The molecule has 0 aliphatic carbocycles. The summed E-state index contributed by atoms with van der Waals surface area (Å²) in [5, 5.41) is 6.12. The van der Waals surface area contributed by atoms with Gasteiger partial charge in [-0.15, -0.1) is 0 Å². The van der Waals surface area contributed by atoms with Gasteiger partial charge in [0.05, 0.1) is 0 Å². The molecule has 24 heavy (non-hydrogen) atoms. The molecule has 0 aliphatic heterocycles. The summed E-state index contributed by atoms with van der Waals surface area (Å²) in [5.74, 6) is 0.0993. The number of hydrogen-bond donors (Lipinski definition) is 2. The molecule has 0 saturated heterocycles. The summed E-state index contributed by atoms with van der Waals surface area (Å²) < 4.78 is 0. The summed E-state index contributed by atoms with van der Waals surface area (Å²) in [7, 11) is 0. The fourth-order valence-corrected chi connectivity index (χ4v) is 2.29. The number of carbonyl (C=O) groups excluding carboxylic acids is 2. The summed E-state index contributed by atoms with van der Waals surface area (Å²) in [4.78, 5) is 23.8. The number of hydrogen-bond acceptors (Lipinski definition) is 2. The van der Waals surface area contributed by atoms with Gasteiger partial charge in [0, 0.05) is 29.2 Å². The Morgan fingerprint density at radius 2 is 1.62 bits per heavy atom. The van der Waals surface area contributed by atoms with Crippen molar-refractivity contribution in [1.29, 1.82) is 0 Å². The predicted octanol–water partition coefficient (Wildman–Crippen LogP) is 4.22. The number of amides is 2. The number of anilines is 1. The van der Waals surface area contributed by atoms with E-state index >= 15 is 0 Å². The lowest BCUT2D eigenvalue weighted by molar-refractivity contribution is -0.116. The first kappa shape index (κ1) is 18.0. The molecule has 0 atom stereocenters. The van der Waals surface area contributed by atoms with Gasteiger partial charge in [-0.2, -0.15) is 0 Å². The smallest absolute Gasteiger partial charge is 0.251 e. The van der Waals surface area contributed by atoms with Crippen LogP contribution in [0.5, 0.6) is 0 Å². The van der Waals surface area contributed by atoms with Crippen LogP contribution in [0.25, 0.3) is 0 Å². The van der Waals surface area contributed by atoms with Gasteiger partial charge in [0.1, 0.15) is 0 Å². The standard InChI is InChI=1S/C19H21ClN2O2/c1-13(2)14-5-9-17(10-6-14)22-18(23)11-12-21-19(24)15-3-7-16(20)8-4-15/h3-10,13H,11-12H2,1-2H3,(H,21,24)(H,22,23). The molecule has 0 unspecified atom stereocenters. The molecule has 0 heterocycles. The maximum absolute atomic E-state index is 11.9. The Morgan fingerprint density at radius 1 is 1.00 bits per heavy atom. The largest absolute Gasteiger partial charge is 0.352 e. The van der Waals surface area contributed by atoms with Crippen molar-refractivity contribution < 1.29 is 9.59 Å². The molecule has 0 aromatic heterocycles. The van der Waals surface area contributed by atoms with E-state index in [-0.39, 0.29) is 24.8 Å². The topological polar surface area (TPSA) is 58.2 Å². The highest BCUT2D eigenvalue weighted by molar-refractivity contribution is 6.30. The third-order valence-corrected chi connectivity index (χ3v) is 3.86. The molecular formula is C19H21ClN2O2. The van der Waals surface area contributed by atoms with Gasteiger partial charge in [0.25, 0.3) is 5.91 Å². The van der Waals surface area contributed by atoms with Gasteiger partial charge in [-0.1, -0.05) is 37.6 Å². The van der Waals surface area contributed by atoms with Gasteiger partial charge in [-0.25, -0.2) is 0 Å². The average molecular weight is 345 g/mol. The van der Waals surface area contributed by atoms with Crippen molar-refractivity contribution in [2.75, 3.05) is 11.9 Å². The van der Waals surface area contributed by atoms with Crippen LogP contribution in [0.3, 0.4) is 0 Å². The molecular weight excluding hydrogens is 324 g/mol. The van der Waals surface area contributed by atoms with Crippen molar-refractivity contribution in [1.82, 2.24) is 5.32 Å². The summed E-state index contributed by atoms with van der Waals surface area (Å²) in [6.45, 7) is 4.52. The highest BCUT2D eigenvalue weighted by Crippen LogP contribution is 2.17. The van der Waals surface area contributed by atoms with Crippen LogP contribution >= 0.6 is 11.6 Å². The monoisotopic (exact) mass is 344 g/mol. The van der Waals surface area contributed by atoms with Crippen LogP contribution in [0, 0.1) is 0 Å². The lowest BCUT2D eigenvalue weighted by atomic mass is 10.0. The quantitative estimate of drug-likeness (QED) is 0.824. The van der Waals surface area contributed by atoms with Crippen molar-refractivity contribution in [2.45, 2.75) is 26.2 Å². The minimum absolute atomic E-state index is 0.135. The summed E-state index contributed by atoms with van der Waals surface area (Å²) >= 11 is 5.78. The zero-order chi connectivity index (χ0) is 17.5. The molecule has 0 spiro atoms. The predicted molar refractivity (Wildman–Crippen MR) is 97.6 cm³/mol. The first-order valence-electron chi connectivity index (χ1n) is 7.89. The SMILES string of the molecule is CC(C)c1ccc(NC(=O)CCNC(=O)c2ccc(Cl)cc2)cc1. The minimum Gasteiger partial charge on any atom is -0.352 e. The lowest BCUT2D eigenvalue weighted by Gasteiger charge is -2.09. The zero-order valence-corrected chi connectivity index (χ0v) is 14.6. The Bertz CT molecular complexity index is 694. The molecule has 0 bridgehead atoms. The summed E-state index contributed by atoms with van der Waals surface area (Å²) in [5.41, 5.74) is 2.50. The molecule has 0 saturated carbocycles. The maximum atomic E-state index is 11.9. The highest BCUT2D eigenvalue weighted by atomic mass is 35.5. The minimum atomic E-state index is -0.222. The number of carbonyl (C=O) groups is 2. The van der Waals surface area contributed by atoms with Gasteiger partial charge in [0.15, 0.2) is 0 Å². The molecule has 2 aromatic rings. The molecule has 2 rings (SSSR count). The Hall–Kier alpha value is -2.33. The van der Waals surface area contributed by atoms with E-state index in [2.05, 4.69) is 24.5 Å². The van der Waals surface area contributed by atoms with E-state index in [4.69, 9.17) is 11.6 Å². The van der Waals surface area contributed by atoms with Crippen molar-refractivity contribution in [3.63, 3.8) is 0 Å². The van der Waals surface area contributed by atoms with E-state index in [0.29, 0.717) is 16.5 Å². The molecule has 0 aliphatic rings. The van der Waals surface area contributed by atoms with Crippen LogP contribution in [0.4, 0.5) is 5.69 Å². The second-order valence-electron chi connectivity index (χ2n) is 5.84. The number of rotatable bonds is 6. The first-order valence-corrected chi connectivity index (χ1v) is 8.27. The fourth-order valence-electron chi connectivity index (χ4n) is 2.17. The van der Waals surface area contributed by atoms with Crippen molar-refractivity contribution >= 4 is 29.1 Å². The van der Waals surface area contributed by atoms with Gasteiger partial charge in [-0.3, -0.25) is 9.59 Å². The van der Waals surface area contributed by atoms with Crippen LogP contribution < -0.4 is 10.6 Å². The van der Waals surface area contributed by atoms with Crippen LogP contribution in [0.1, 0.15) is 42.1 Å². The van der Waals surface area contributed by atoms with Gasteiger partial charge < -0.3 is 10.6 Å². The van der Waals surface area contributed by atoms with E-state index in [1.807, 2.05) is 24.3 Å². The van der Waals surface area contributed by atoms with Crippen molar-refractivity contribution in [2.24, 2.45) is 0 Å². The van der Waals surface area contributed by atoms with Crippen LogP contribution in [-0.2, 0) is 4.79 Å². The molecule has 4 nitrogen and oxygen atoms in total. The van der Waals surface area contributed by atoms with Crippen molar-refractivity contribution in [3.8, 4) is 0 Å². The lowest BCUT2D eigenvalue weighted by Crippen LogP contribution is -2.27. The normalized spacial score (nSPS) is 10.5. The molecule has 0 radical (unpaired) electrons.